The van der Waals surface area contributed by atoms with E-state index in [4.69, 9.17) is 9.84 Å². The van der Waals surface area contributed by atoms with Crippen LogP contribution >= 0.6 is 0 Å². The minimum Gasteiger partial charge on any atom is -0.487 e. The van der Waals surface area contributed by atoms with Crippen molar-refractivity contribution in [2.24, 2.45) is 0 Å². The summed E-state index contributed by atoms with van der Waals surface area (Å²) >= 11 is 0. The first-order valence-electron chi connectivity index (χ1n) is 10.3. The van der Waals surface area contributed by atoms with Gasteiger partial charge in [0.05, 0.1) is 30.7 Å². The molecule has 3 N–H and O–H groups in total. The molecule has 0 radical (unpaired) electrons. The number of hydrogen-bond donors (Lipinski definition) is 3. The number of benzene rings is 2. The van der Waals surface area contributed by atoms with Crippen LogP contribution < -0.4 is 14.8 Å². The van der Waals surface area contributed by atoms with E-state index in [9.17, 15) is 22.8 Å². The molecule has 1 heterocycles. The number of aldehydes is 1. The van der Waals surface area contributed by atoms with Gasteiger partial charge in [0.1, 0.15) is 23.0 Å². The summed E-state index contributed by atoms with van der Waals surface area (Å²) < 4.78 is 35.7. The second-order valence-electron chi connectivity index (χ2n) is 7.62. The van der Waals surface area contributed by atoms with Crippen molar-refractivity contribution in [2.75, 3.05) is 5.32 Å². The van der Waals surface area contributed by atoms with Gasteiger partial charge in [-0.2, -0.15) is 5.10 Å². The number of aromatic nitrogens is 2. The molecular formula is C22H24N4O7S. The zero-order valence-electron chi connectivity index (χ0n) is 18.5. The highest BCUT2D eigenvalue weighted by atomic mass is 32.2. The topological polar surface area (TPSA) is 157 Å². The first-order chi connectivity index (χ1) is 16.1. The van der Waals surface area contributed by atoms with Crippen molar-refractivity contribution in [2.45, 2.75) is 43.9 Å². The number of anilines is 1. The third kappa shape index (κ3) is 6.17. The van der Waals surface area contributed by atoms with E-state index >= 15 is 0 Å². The molecule has 0 fully saturated rings. The lowest BCUT2D eigenvalue weighted by Crippen LogP contribution is -2.37. The van der Waals surface area contributed by atoms with Crippen molar-refractivity contribution in [1.82, 2.24) is 14.5 Å². The fourth-order valence-corrected chi connectivity index (χ4v) is 4.62. The number of nitrogens with zero attached hydrogens (tertiary/aromatic N) is 2. The van der Waals surface area contributed by atoms with Gasteiger partial charge in [-0.05, 0) is 25.1 Å². The number of sulfonamides is 1. The van der Waals surface area contributed by atoms with E-state index in [0.29, 0.717) is 12.2 Å². The Morgan fingerprint density at radius 2 is 1.97 bits per heavy atom. The Bertz CT molecular complexity index is 1320. The van der Waals surface area contributed by atoms with Gasteiger partial charge >= 0.3 is 5.97 Å². The third-order valence-electron chi connectivity index (χ3n) is 4.73. The highest BCUT2D eigenvalue weighted by molar-refractivity contribution is 7.89. The van der Waals surface area contributed by atoms with Crippen LogP contribution in [0.15, 0.2) is 53.6 Å². The lowest BCUT2D eigenvalue weighted by molar-refractivity contribution is -0.138. The Labute approximate surface area is 195 Å². The normalized spacial score (nSPS) is 13.2. The number of aliphatic carboxylic acids is 1. The average Bonchev–Trinajstić information content (AvgIpc) is 3.15. The zero-order chi connectivity index (χ0) is 24.9. The van der Waals surface area contributed by atoms with Gasteiger partial charge < -0.3 is 20.0 Å². The molecule has 3 aromatic rings. The van der Waals surface area contributed by atoms with Crippen LogP contribution in [0.4, 0.5) is 5.69 Å². The van der Waals surface area contributed by atoms with Crippen LogP contribution in [-0.2, 0) is 31.0 Å². The molecule has 180 valence electrons. The number of rotatable bonds is 11. The van der Waals surface area contributed by atoms with Crippen molar-refractivity contribution in [3.8, 4) is 5.75 Å². The lowest BCUT2D eigenvalue weighted by atomic mass is 10.2. The number of carboxylic acids is 1. The smallest absolute Gasteiger partial charge is 0.305 e. The van der Waals surface area contributed by atoms with Gasteiger partial charge in [-0.15, -0.1) is 0 Å². The van der Waals surface area contributed by atoms with E-state index in [1.165, 1.54) is 25.1 Å². The second-order valence-corrected chi connectivity index (χ2v) is 9.30. The lowest BCUT2D eigenvalue weighted by Gasteiger charge is -2.20. The maximum Gasteiger partial charge on any atom is 0.305 e. The van der Waals surface area contributed by atoms with Gasteiger partial charge in [0.2, 0.25) is 15.9 Å². The summed E-state index contributed by atoms with van der Waals surface area (Å²) in [5.41, 5.74) is 1.18. The molecule has 3 rings (SSSR count). The third-order valence-corrected chi connectivity index (χ3v) is 6.26. The number of carboxylic acid groups (broad SMARTS) is 1. The number of hydrogen-bond acceptors (Lipinski definition) is 7. The number of nitrogens with one attached hydrogen (secondary N) is 2. The molecule has 2 aromatic carbocycles. The number of para-hydroxylation sites is 1. The van der Waals surface area contributed by atoms with Gasteiger partial charge in [0.15, 0.2) is 0 Å². The van der Waals surface area contributed by atoms with E-state index in [1.54, 1.807) is 17.8 Å². The van der Waals surface area contributed by atoms with Gasteiger partial charge in [-0.25, -0.2) is 13.1 Å². The van der Waals surface area contributed by atoms with Crippen LogP contribution in [0.1, 0.15) is 20.3 Å². The van der Waals surface area contributed by atoms with Crippen LogP contribution in [0.2, 0.25) is 0 Å². The molecule has 34 heavy (non-hydrogen) atoms. The largest absolute Gasteiger partial charge is 0.487 e. The molecule has 0 saturated carbocycles. The Hall–Kier alpha value is -3.77. The second kappa shape index (κ2) is 10.4. The van der Waals surface area contributed by atoms with Crippen LogP contribution in [0.25, 0.3) is 10.9 Å². The fraction of sp³-hybridized carbons (Fsp3) is 0.273. The van der Waals surface area contributed by atoms with E-state index in [1.807, 2.05) is 24.3 Å². The van der Waals surface area contributed by atoms with Crippen molar-refractivity contribution in [3.05, 3.63) is 48.7 Å². The van der Waals surface area contributed by atoms with E-state index < -0.39 is 34.6 Å². The number of amides is 1. The minimum atomic E-state index is -4.34. The molecule has 12 heteroatoms. The monoisotopic (exact) mass is 488 g/mol. The van der Waals surface area contributed by atoms with Crippen molar-refractivity contribution in [1.29, 1.82) is 0 Å². The highest BCUT2D eigenvalue weighted by Gasteiger charge is 2.26. The number of carbonyl (C=O) groups is 3. The van der Waals surface area contributed by atoms with Crippen LogP contribution in [0, 0.1) is 0 Å². The van der Waals surface area contributed by atoms with Crippen molar-refractivity contribution >= 4 is 44.8 Å². The summed E-state index contributed by atoms with van der Waals surface area (Å²) in [4.78, 5) is 33.3. The van der Waals surface area contributed by atoms with Crippen LogP contribution in [0.5, 0.6) is 5.75 Å². The minimum absolute atomic E-state index is 0.0808. The Morgan fingerprint density at radius 3 is 2.65 bits per heavy atom. The summed E-state index contributed by atoms with van der Waals surface area (Å²) in [7, 11) is -4.34. The molecular weight excluding hydrogens is 464 g/mol. The number of ether oxygens (including phenoxy) is 1. The maximum atomic E-state index is 13.0. The quantitative estimate of drug-likeness (QED) is 0.345. The number of carbonyl (C=O) groups excluding carboxylic acids is 2. The van der Waals surface area contributed by atoms with Crippen LogP contribution in [0.3, 0.4) is 0 Å². The molecule has 0 aliphatic rings. The van der Waals surface area contributed by atoms with Crippen molar-refractivity contribution in [3.63, 3.8) is 0 Å². The number of fused-ring (bicyclic) bond motifs is 1. The molecule has 1 aromatic heterocycles. The summed E-state index contributed by atoms with van der Waals surface area (Å²) in [6, 6.07) is 10.0. The predicted molar refractivity (Wildman–Crippen MR) is 123 cm³/mol. The summed E-state index contributed by atoms with van der Waals surface area (Å²) in [6.07, 6.45) is 0.654. The van der Waals surface area contributed by atoms with E-state index in [-0.39, 0.29) is 22.8 Å². The van der Waals surface area contributed by atoms with Crippen molar-refractivity contribution < 1.29 is 32.6 Å². The molecule has 2 atom stereocenters. The SMILES string of the molecule is CC(=O)Nc1ccc(S(=O)(=O)NC(C=O)CC(=O)O)c(O[C@H](C)Cn2ncc3ccccc32)c1. The molecule has 0 aliphatic heterocycles. The molecule has 0 aliphatic carbocycles. The summed E-state index contributed by atoms with van der Waals surface area (Å²) in [5, 5.41) is 16.7. The van der Waals surface area contributed by atoms with Gasteiger partial charge in [-0.3, -0.25) is 14.3 Å². The standard InChI is InChI=1S/C22H24N4O7S/c1-14(12-26-19-6-4-3-5-16(19)11-23-26)33-20-9-17(24-15(2)28)7-8-21(20)34(31,32)25-18(13-27)10-22(29)30/h3-9,11,13-14,18,25H,10,12H2,1-2H3,(H,24,28)(H,29,30)/t14-,18?/m1/s1. The molecule has 0 spiro atoms. The summed E-state index contributed by atoms with van der Waals surface area (Å²) in [5.74, 6) is -1.78. The van der Waals surface area contributed by atoms with E-state index in [0.717, 1.165) is 10.9 Å². The zero-order valence-corrected chi connectivity index (χ0v) is 19.3. The summed E-state index contributed by atoms with van der Waals surface area (Å²) in [6.45, 7) is 3.32. The first kappa shape index (κ1) is 24.9. The Kier molecular flexibility index (Phi) is 7.64. The molecule has 0 saturated heterocycles. The first-order valence-corrected chi connectivity index (χ1v) is 11.8. The average molecular weight is 489 g/mol. The molecule has 1 amide bonds. The molecule has 1 unspecified atom stereocenters. The maximum absolute atomic E-state index is 13.0. The fourth-order valence-electron chi connectivity index (χ4n) is 3.34. The Morgan fingerprint density at radius 1 is 1.24 bits per heavy atom. The Balaban J connectivity index is 1.90. The highest BCUT2D eigenvalue weighted by Crippen LogP contribution is 2.29. The van der Waals surface area contributed by atoms with E-state index in [2.05, 4.69) is 15.1 Å². The molecule has 0 bridgehead atoms. The van der Waals surface area contributed by atoms with Crippen LogP contribution in [-0.4, -0.2) is 53.6 Å². The predicted octanol–water partition coefficient (Wildman–Crippen LogP) is 1.78. The molecule has 11 nitrogen and oxygen atoms in total. The van der Waals surface area contributed by atoms with Gasteiger partial charge in [0.25, 0.3) is 0 Å². The van der Waals surface area contributed by atoms with Gasteiger partial charge in [-0.1, -0.05) is 18.2 Å². The van der Waals surface area contributed by atoms with Gasteiger partial charge in [0, 0.05) is 24.1 Å².